The number of thiophene rings is 1. The van der Waals surface area contributed by atoms with Crippen LogP contribution in [0.15, 0.2) is 28.9 Å². The molecule has 3 rings (SSSR count). The molecule has 3 heterocycles. The summed E-state index contributed by atoms with van der Waals surface area (Å²) in [6, 6.07) is 4.31. The fraction of sp³-hybridized carbons (Fsp3) is 0.438. The van der Waals surface area contributed by atoms with E-state index in [2.05, 4.69) is 47.5 Å². The fourth-order valence-electron chi connectivity index (χ4n) is 2.42. The summed E-state index contributed by atoms with van der Waals surface area (Å²) in [6.45, 7) is 7.74. The number of nitrogens with zero attached hydrogens (tertiary/aromatic N) is 4. The molecule has 0 saturated heterocycles. The molecule has 23 heavy (non-hydrogen) atoms. The van der Waals surface area contributed by atoms with E-state index in [9.17, 15) is 0 Å². The Morgan fingerprint density at radius 1 is 1.39 bits per heavy atom. The maximum absolute atomic E-state index is 5.77. The molecule has 0 aliphatic rings. The predicted octanol–water partition coefficient (Wildman–Crippen LogP) is 3.04. The minimum atomic E-state index is 0.265. The first kappa shape index (κ1) is 15.9. The molecule has 7 heteroatoms. The SMILES string of the molecule is CCc1sc(-c2nnc(CN[C@H](C)Cn3cccn3)o2)cc1C. The monoisotopic (exact) mass is 331 g/mol. The third kappa shape index (κ3) is 3.86. The highest BCUT2D eigenvalue weighted by atomic mass is 32.1. The topological polar surface area (TPSA) is 68.8 Å². The molecule has 0 saturated carbocycles. The Bertz CT molecular complexity index is 746. The molecule has 3 aromatic heterocycles. The zero-order valence-corrected chi connectivity index (χ0v) is 14.4. The van der Waals surface area contributed by atoms with Gasteiger partial charge in [0, 0.05) is 23.3 Å². The van der Waals surface area contributed by atoms with Crippen molar-refractivity contribution in [2.45, 2.75) is 46.3 Å². The lowest BCUT2D eigenvalue weighted by Crippen LogP contribution is -2.30. The maximum atomic E-state index is 5.77. The normalized spacial score (nSPS) is 12.7. The fourth-order valence-corrected chi connectivity index (χ4v) is 3.45. The average Bonchev–Trinajstić information content (AvgIpc) is 3.25. The molecule has 3 aromatic rings. The van der Waals surface area contributed by atoms with Gasteiger partial charge in [-0.3, -0.25) is 4.68 Å². The lowest BCUT2D eigenvalue weighted by Gasteiger charge is -2.11. The Morgan fingerprint density at radius 3 is 2.96 bits per heavy atom. The first-order chi connectivity index (χ1) is 11.2. The van der Waals surface area contributed by atoms with Crippen molar-refractivity contribution < 1.29 is 4.42 Å². The molecule has 122 valence electrons. The van der Waals surface area contributed by atoms with Gasteiger partial charge in [-0.2, -0.15) is 5.10 Å². The van der Waals surface area contributed by atoms with Crippen molar-refractivity contribution in [2.24, 2.45) is 0 Å². The molecule has 0 aromatic carbocycles. The molecular formula is C16H21N5OS. The van der Waals surface area contributed by atoms with Gasteiger partial charge < -0.3 is 9.73 Å². The number of hydrogen-bond donors (Lipinski definition) is 1. The summed E-state index contributed by atoms with van der Waals surface area (Å²) < 4.78 is 7.67. The van der Waals surface area contributed by atoms with E-state index >= 15 is 0 Å². The standard InChI is InChI=1S/C16H21N5OS/c1-4-13-11(2)8-14(23-13)16-20-19-15(22-16)9-17-12(3)10-21-7-5-6-18-21/h5-8,12,17H,4,9-10H2,1-3H3/t12-/m1/s1. The van der Waals surface area contributed by atoms with Gasteiger partial charge in [-0.15, -0.1) is 21.5 Å². The van der Waals surface area contributed by atoms with E-state index in [0.29, 0.717) is 18.3 Å². The lowest BCUT2D eigenvalue weighted by atomic mass is 10.2. The van der Waals surface area contributed by atoms with Crippen molar-refractivity contribution in [1.82, 2.24) is 25.3 Å². The Morgan fingerprint density at radius 2 is 2.26 bits per heavy atom. The van der Waals surface area contributed by atoms with Gasteiger partial charge in [0.05, 0.1) is 18.0 Å². The highest BCUT2D eigenvalue weighted by Gasteiger charge is 2.13. The summed E-state index contributed by atoms with van der Waals surface area (Å²) in [7, 11) is 0. The zero-order valence-electron chi connectivity index (χ0n) is 13.6. The Labute approximate surface area is 139 Å². The largest absolute Gasteiger partial charge is 0.419 e. The highest BCUT2D eigenvalue weighted by Crippen LogP contribution is 2.30. The van der Waals surface area contributed by atoms with Gasteiger partial charge in [-0.05, 0) is 38.0 Å². The second-order valence-corrected chi connectivity index (χ2v) is 6.72. The van der Waals surface area contributed by atoms with E-state index in [1.165, 1.54) is 10.4 Å². The molecule has 0 aliphatic carbocycles. The number of hydrogen-bond acceptors (Lipinski definition) is 6. The van der Waals surface area contributed by atoms with Crippen molar-refractivity contribution in [3.8, 4) is 10.8 Å². The van der Waals surface area contributed by atoms with E-state index in [1.807, 2.05) is 16.9 Å². The summed E-state index contributed by atoms with van der Waals surface area (Å²) >= 11 is 1.72. The predicted molar refractivity (Wildman–Crippen MR) is 90.3 cm³/mol. The van der Waals surface area contributed by atoms with Gasteiger partial charge in [0.15, 0.2) is 0 Å². The van der Waals surface area contributed by atoms with Crippen LogP contribution >= 0.6 is 11.3 Å². The Hall–Kier alpha value is -1.99. The average molecular weight is 331 g/mol. The molecule has 6 nitrogen and oxygen atoms in total. The first-order valence-corrected chi connectivity index (χ1v) is 8.60. The van der Waals surface area contributed by atoms with E-state index in [1.54, 1.807) is 17.5 Å². The van der Waals surface area contributed by atoms with Crippen LogP contribution in [-0.4, -0.2) is 26.0 Å². The molecular weight excluding hydrogens is 310 g/mol. The van der Waals surface area contributed by atoms with E-state index < -0.39 is 0 Å². The van der Waals surface area contributed by atoms with E-state index in [4.69, 9.17) is 4.42 Å². The molecule has 1 N–H and O–H groups in total. The number of aromatic nitrogens is 4. The van der Waals surface area contributed by atoms with Crippen LogP contribution in [-0.2, 0) is 19.5 Å². The molecule has 0 fully saturated rings. The van der Waals surface area contributed by atoms with Crippen molar-refractivity contribution in [3.05, 3.63) is 40.9 Å². The van der Waals surface area contributed by atoms with Crippen molar-refractivity contribution in [3.63, 3.8) is 0 Å². The zero-order chi connectivity index (χ0) is 16.2. The molecule has 0 radical (unpaired) electrons. The molecule has 0 unspecified atom stereocenters. The van der Waals surface area contributed by atoms with Gasteiger partial charge in [0.1, 0.15) is 0 Å². The molecule has 0 bridgehead atoms. The Balaban J connectivity index is 1.58. The first-order valence-electron chi connectivity index (χ1n) is 7.78. The summed E-state index contributed by atoms with van der Waals surface area (Å²) in [5.41, 5.74) is 1.29. The van der Waals surface area contributed by atoms with E-state index in [-0.39, 0.29) is 6.04 Å². The lowest BCUT2D eigenvalue weighted by molar-refractivity contribution is 0.411. The van der Waals surface area contributed by atoms with Crippen LogP contribution in [0.5, 0.6) is 0 Å². The maximum Gasteiger partial charge on any atom is 0.257 e. The molecule has 0 spiro atoms. The third-order valence-corrected chi connectivity index (χ3v) is 5.01. The summed E-state index contributed by atoms with van der Waals surface area (Å²) in [5, 5.41) is 15.9. The summed E-state index contributed by atoms with van der Waals surface area (Å²) in [4.78, 5) is 2.41. The minimum Gasteiger partial charge on any atom is -0.419 e. The smallest absolute Gasteiger partial charge is 0.257 e. The molecule has 0 aliphatic heterocycles. The second-order valence-electron chi connectivity index (χ2n) is 5.58. The van der Waals surface area contributed by atoms with Crippen LogP contribution < -0.4 is 5.32 Å². The van der Waals surface area contributed by atoms with E-state index in [0.717, 1.165) is 17.8 Å². The van der Waals surface area contributed by atoms with Crippen molar-refractivity contribution in [2.75, 3.05) is 0 Å². The van der Waals surface area contributed by atoms with Gasteiger partial charge in [0.2, 0.25) is 5.89 Å². The van der Waals surface area contributed by atoms with Crippen LogP contribution in [0.2, 0.25) is 0 Å². The number of aryl methyl sites for hydroxylation is 2. The molecule has 0 amide bonds. The van der Waals surface area contributed by atoms with Gasteiger partial charge in [-0.1, -0.05) is 6.92 Å². The highest BCUT2D eigenvalue weighted by molar-refractivity contribution is 7.15. The van der Waals surface area contributed by atoms with Crippen molar-refractivity contribution >= 4 is 11.3 Å². The third-order valence-electron chi connectivity index (χ3n) is 3.64. The summed E-state index contributed by atoms with van der Waals surface area (Å²) in [5.74, 6) is 1.21. The number of nitrogens with one attached hydrogen (secondary N) is 1. The van der Waals surface area contributed by atoms with Gasteiger partial charge in [0.25, 0.3) is 5.89 Å². The quantitative estimate of drug-likeness (QED) is 0.720. The Kier molecular flexibility index (Phi) is 4.88. The second kappa shape index (κ2) is 7.06. The van der Waals surface area contributed by atoms with Crippen molar-refractivity contribution in [1.29, 1.82) is 0 Å². The van der Waals surface area contributed by atoms with Crippen LogP contribution in [0.3, 0.4) is 0 Å². The van der Waals surface area contributed by atoms with Crippen LogP contribution in [0.1, 0.15) is 30.2 Å². The van der Waals surface area contributed by atoms with Gasteiger partial charge >= 0.3 is 0 Å². The van der Waals surface area contributed by atoms with Crippen LogP contribution in [0.25, 0.3) is 10.8 Å². The number of rotatable bonds is 7. The van der Waals surface area contributed by atoms with Crippen LogP contribution in [0, 0.1) is 6.92 Å². The van der Waals surface area contributed by atoms with Gasteiger partial charge in [-0.25, -0.2) is 0 Å². The summed E-state index contributed by atoms with van der Waals surface area (Å²) in [6.07, 6.45) is 4.77. The minimum absolute atomic E-state index is 0.265. The molecule has 1 atom stereocenters. The van der Waals surface area contributed by atoms with Crippen LogP contribution in [0.4, 0.5) is 0 Å².